The second kappa shape index (κ2) is 7.98. The largest absolute Gasteiger partial charge is 0.466 e. The van der Waals surface area contributed by atoms with Crippen molar-refractivity contribution in [1.29, 1.82) is 0 Å². The first-order chi connectivity index (χ1) is 13.6. The van der Waals surface area contributed by atoms with Gasteiger partial charge in [0.1, 0.15) is 11.5 Å². The van der Waals surface area contributed by atoms with E-state index in [1.165, 1.54) is 0 Å². The van der Waals surface area contributed by atoms with E-state index < -0.39 is 0 Å². The van der Waals surface area contributed by atoms with Crippen LogP contribution in [-0.4, -0.2) is 52.0 Å². The Bertz CT molecular complexity index is 940. The molecule has 7 heteroatoms. The van der Waals surface area contributed by atoms with E-state index in [9.17, 15) is 4.79 Å². The molecule has 1 amide bonds. The van der Waals surface area contributed by atoms with Crippen molar-refractivity contribution in [1.82, 2.24) is 19.9 Å². The molecule has 3 aromatic rings. The summed E-state index contributed by atoms with van der Waals surface area (Å²) >= 11 is 0. The highest BCUT2D eigenvalue weighted by molar-refractivity contribution is 5.95. The van der Waals surface area contributed by atoms with Crippen LogP contribution in [0, 0.1) is 13.8 Å². The lowest BCUT2D eigenvalue weighted by atomic mass is 10.1. The molecule has 1 saturated heterocycles. The van der Waals surface area contributed by atoms with Crippen LogP contribution in [0.15, 0.2) is 45.3 Å². The van der Waals surface area contributed by atoms with Gasteiger partial charge < -0.3 is 13.8 Å². The Morgan fingerprint density at radius 3 is 2.54 bits per heavy atom. The van der Waals surface area contributed by atoms with Crippen molar-refractivity contribution in [2.24, 2.45) is 0 Å². The van der Waals surface area contributed by atoms with E-state index in [1.54, 1.807) is 0 Å². The molecule has 1 fully saturated rings. The maximum Gasteiger partial charge on any atom is 0.257 e. The zero-order valence-electron chi connectivity index (χ0n) is 16.2. The molecule has 1 aliphatic heterocycles. The fourth-order valence-electron chi connectivity index (χ4n) is 3.52. The van der Waals surface area contributed by atoms with Crippen LogP contribution in [0.4, 0.5) is 0 Å². The second-order valence-electron chi connectivity index (χ2n) is 7.16. The van der Waals surface area contributed by atoms with Gasteiger partial charge in [-0.3, -0.25) is 9.69 Å². The highest BCUT2D eigenvalue weighted by atomic mass is 16.5. The molecule has 0 atom stereocenters. The van der Waals surface area contributed by atoms with Gasteiger partial charge in [0.2, 0.25) is 5.89 Å². The van der Waals surface area contributed by atoms with Crippen LogP contribution < -0.4 is 0 Å². The Morgan fingerprint density at radius 2 is 1.86 bits per heavy atom. The molecule has 28 heavy (non-hydrogen) atoms. The molecule has 0 radical (unpaired) electrons. The summed E-state index contributed by atoms with van der Waals surface area (Å²) < 4.78 is 10.9. The molecule has 0 bridgehead atoms. The summed E-state index contributed by atoms with van der Waals surface area (Å²) in [5, 5.41) is 4.08. The first kappa shape index (κ1) is 18.4. The molecule has 0 saturated carbocycles. The molecule has 0 unspecified atom stereocenters. The first-order valence-corrected chi connectivity index (χ1v) is 9.52. The third-order valence-electron chi connectivity index (χ3n) is 5.00. The third kappa shape index (κ3) is 4.14. The average molecular weight is 380 g/mol. The molecular formula is C21H24N4O3. The summed E-state index contributed by atoms with van der Waals surface area (Å²) in [4.78, 5) is 21.3. The molecule has 1 aliphatic rings. The molecule has 1 aromatic carbocycles. The number of amides is 1. The van der Waals surface area contributed by atoms with Gasteiger partial charge in [-0.1, -0.05) is 35.5 Å². The number of carbonyl (C=O) groups is 1. The van der Waals surface area contributed by atoms with Gasteiger partial charge in [-0.2, -0.15) is 4.98 Å². The van der Waals surface area contributed by atoms with Gasteiger partial charge in [0.05, 0.1) is 12.1 Å². The van der Waals surface area contributed by atoms with Gasteiger partial charge in [0.15, 0.2) is 5.82 Å². The molecule has 146 valence electrons. The fraction of sp³-hybridized carbons (Fsp3) is 0.381. The van der Waals surface area contributed by atoms with Crippen LogP contribution in [0.1, 0.15) is 39.2 Å². The van der Waals surface area contributed by atoms with Crippen LogP contribution in [0.2, 0.25) is 0 Å². The molecule has 3 heterocycles. The van der Waals surface area contributed by atoms with Gasteiger partial charge >= 0.3 is 0 Å². The summed E-state index contributed by atoms with van der Waals surface area (Å²) in [6.45, 7) is 7.20. The van der Waals surface area contributed by atoms with Gasteiger partial charge in [-0.25, -0.2) is 0 Å². The fourth-order valence-corrected chi connectivity index (χ4v) is 3.52. The van der Waals surface area contributed by atoms with E-state index in [-0.39, 0.29) is 5.91 Å². The maximum absolute atomic E-state index is 12.7. The number of hydrogen-bond donors (Lipinski definition) is 0. The van der Waals surface area contributed by atoms with Crippen molar-refractivity contribution in [3.63, 3.8) is 0 Å². The predicted molar refractivity (Wildman–Crippen MR) is 103 cm³/mol. The van der Waals surface area contributed by atoms with Crippen molar-refractivity contribution in [2.75, 3.05) is 26.2 Å². The van der Waals surface area contributed by atoms with Gasteiger partial charge in [0, 0.05) is 32.6 Å². The maximum atomic E-state index is 12.7. The van der Waals surface area contributed by atoms with Crippen molar-refractivity contribution in [3.8, 4) is 0 Å². The van der Waals surface area contributed by atoms with Crippen molar-refractivity contribution >= 4 is 5.91 Å². The van der Waals surface area contributed by atoms with E-state index in [4.69, 9.17) is 8.94 Å². The lowest BCUT2D eigenvalue weighted by Gasteiger charge is -2.33. The smallest absolute Gasteiger partial charge is 0.257 e. The normalized spacial score (nSPS) is 15.1. The summed E-state index contributed by atoms with van der Waals surface area (Å²) in [6, 6.07) is 11.9. The highest BCUT2D eigenvalue weighted by Crippen LogP contribution is 2.18. The molecule has 4 rings (SSSR count). The standard InChI is InChI=1S/C21H24N4O3/c1-15-12-18(16(2)27-15)21(26)25-10-8-24(9-11-25)14-20-22-19(23-28-20)13-17-6-4-3-5-7-17/h3-7,12H,8-11,13-14H2,1-2H3. The number of carbonyl (C=O) groups excluding carboxylic acids is 1. The molecule has 0 aliphatic carbocycles. The van der Waals surface area contributed by atoms with E-state index in [0.29, 0.717) is 49.1 Å². The van der Waals surface area contributed by atoms with Gasteiger partial charge in [-0.05, 0) is 25.5 Å². The monoisotopic (exact) mass is 380 g/mol. The van der Waals surface area contributed by atoms with Crippen molar-refractivity contribution in [3.05, 3.63) is 70.8 Å². The molecule has 7 nitrogen and oxygen atoms in total. The van der Waals surface area contributed by atoms with Crippen LogP contribution >= 0.6 is 0 Å². The molecule has 0 N–H and O–H groups in total. The van der Waals surface area contributed by atoms with Crippen molar-refractivity contribution < 1.29 is 13.7 Å². The Balaban J connectivity index is 1.30. The zero-order chi connectivity index (χ0) is 19.5. The number of hydrogen-bond acceptors (Lipinski definition) is 6. The zero-order valence-corrected chi connectivity index (χ0v) is 16.2. The Morgan fingerprint density at radius 1 is 1.11 bits per heavy atom. The van der Waals surface area contributed by atoms with E-state index in [1.807, 2.05) is 43.0 Å². The Hall–Kier alpha value is -2.93. The van der Waals surface area contributed by atoms with Crippen LogP contribution in [0.5, 0.6) is 0 Å². The lowest BCUT2D eigenvalue weighted by molar-refractivity contribution is 0.0613. The number of aromatic nitrogens is 2. The van der Waals surface area contributed by atoms with Crippen LogP contribution in [0.25, 0.3) is 0 Å². The summed E-state index contributed by atoms with van der Waals surface area (Å²) in [6.07, 6.45) is 0.663. The number of rotatable bonds is 5. The summed E-state index contributed by atoms with van der Waals surface area (Å²) in [7, 11) is 0. The lowest BCUT2D eigenvalue weighted by Crippen LogP contribution is -2.48. The quantitative estimate of drug-likeness (QED) is 0.678. The van der Waals surface area contributed by atoms with E-state index in [2.05, 4.69) is 27.2 Å². The minimum absolute atomic E-state index is 0.0388. The SMILES string of the molecule is Cc1cc(C(=O)N2CCN(Cc3nc(Cc4ccccc4)no3)CC2)c(C)o1. The first-order valence-electron chi connectivity index (χ1n) is 9.52. The predicted octanol–water partition coefficient (Wildman–Crippen LogP) is 2.83. The minimum Gasteiger partial charge on any atom is -0.466 e. The van der Waals surface area contributed by atoms with Crippen molar-refractivity contribution in [2.45, 2.75) is 26.8 Å². The Labute approximate surface area is 163 Å². The van der Waals surface area contributed by atoms with Crippen LogP contribution in [0.3, 0.4) is 0 Å². The summed E-state index contributed by atoms with van der Waals surface area (Å²) in [5.74, 6) is 2.80. The average Bonchev–Trinajstić information content (AvgIpc) is 3.28. The number of piperazine rings is 1. The topological polar surface area (TPSA) is 75.6 Å². The van der Waals surface area contributed by atoms with Gasteiger partial charge in [-0.15, -0.1) is 0 Å². The number of furan rings is 1. The molecule has 0 spiro atoms. The molecular weight excluding hydrogens is 356 g/mol. The van der Waals surface area contributed by atoms with E-state index >= 15 is 0 Å². The van der Waals surface area contributed by atoms with E-state index in [0.717, 1.165) is 24.4 Å². The number of nitrogens with zero attached hydrogens (tertiary/aromatic N) is 4. The van der Waals surface area contributed by atoms with Gasteiger partial charge in [0.25, 0.3) is 5.91 Å². The number of benzene rings is 1. The number of aryl methyl sites for hydroxylation is 2. The van der Waals surface area contributed by atoms with Crippen LogP contribution in [-0.2, 0) is 13.0 Å². The molecule has 2 aromatic heterocycles. The minimum atomic E-state index is 0.0388. The Kier molecular flexibility index (Phi) is 5.25. The highest BCUT2D eigenvalue weighted by Gasteiger charge is 2.25. The second-order valence-corrected chi connectivity index (χ2v) is 7.16. The summed E-state index contributed by atoms with van der Waals surface area (Å²) in [5.41, 5.74) is 1.82. The third-order valence-corrected chi connectivity index (χ3v) is 5.00.